The summed E-state index contributed by atoms with van der Waals surface area (Å²) in [5.74, 6) is 0. The lowest BCUT2D eigenvalue weighted by Gasteiger charge is -2.29. The van der Waals surface area contributed by atoms with Crippen molar-refractivity contribution in [3.05, 3.63) is 69.2 Å². The summed E-state index contributed by atoms with van der Waals surface area (Å²) < 4.78 is 8.13. The number of halogens is 3. The van der Waals surface area contributed by atoms with Crippen LogP contribution in [0.25, 0.3) is 0 Å². The number of rotatable bonds is 5. The first-order chi connectivity index (χ1) is 9.55. The maximum Gasteiger partial charge on any atom is 0.101 e. The summed E-state index contributed by atoms with van der Waals surface area (Å²) in [5, 5.41) is 0.739. The summed E-state index contributed by atoms with van der Waals surface area (Å²) >= 11 is 12.0. The van der Waals surface area contributed by atoms with Crippen LogP contribution in [0.1, 0.15) is 18.1 Å². The van der Waals surface area contributed by atoms with Gasteiger partial charge in [-0.3, -0.25) is 0 Å². The van der Waals surface area contributed by atoms with Gasteiger partial charge >= 0.3 is 0 Å². The number of hydrogen-bond donors (Lipinski definition) is 0. The lowest BCUT2D eigenvalue weighted by atomic mass is 9.98. The number of hydrogen-bond acceptors (Lipinski definition) is 1. The third-order valence-corrected chi connectivity index (χ3v) is 5.53. The van der Waals surface area contributed by atoms with Gasteiger partial charge in [-0.15, -0.1) is 0 Å². The third kappa shape index (κ3) is 3.97. The lowest BCUT2D eigenvalue weighted by molar-refractivity contribution is -0.0280. The average Bonchev–Trinajstić information content (AvgIpc) is 2.45. The first-order valence-corrected chi connectivity index (χ1v) is 8.94. The minimum atomic E-state index is -0.330. The molecule has 2 aromatic rings. The highest BCUT2D eigenvalue weighted by molar-refractivity contribution is 14.1. The van der Waals surface area contributed by atoms with Crippen LogP contribution in [0.3, 0.4) is 0 Å². The van der Waals surface area contributed by atoms with Crippen LogP contribution in [-0.4, -0.2) is 4.43 Å². The SMILES string of the molecule is CC(CI)(OCc1cccc(Cl)c1)c1ccccc1Br. The topological polar surface area (TPSA) is 9.23 Å². The summed E-state index contributed by atoms with van der Waals surface area (Å²) in [7, 11) is 0. The molecule has 0 aromatic heterocycles. The van der Waals surface area contributed by atoms with Gasteiger partial charge < -0.3 is 4.74 Å². The molecule has 0 amide bonds. The van der Waals surface area contributed by atoms with Gasteiger partial charge in [-0.1, -0.05) is 80.5 Å². The zero-order valence-corrected chi connectivity index (χ0v) is 15.6. The minimum Gasteiger partial charge on any atom is -0.365 e. The van der Waals surface area contributed by atoms with E-state index in [9.17, 15) is 0 Å². The monoisotopic (exact) mass is 464 g/mol. The van der Waals surface area contributed by atoms with E-state index in [0.29, 0.717) is 6.61 Å². The van der Waals surface area contributed by atoms with Crippen LogP contribution in [0, 0.1) is 0 Å². The van der Waals surface area contributed by atoms with Crippen LogP contribution in [0.4, 0.5) is 0 Å². The molecule has 0 N–H and O–H groups in total. The normalized spacial score (nSPS) is 14.0. The molecule has 106 valence electrons. The highest BCUT2D eigenvalue weighted by Gasteiger charge is 2.28. The number of benzene rings is 2. The van der Waals surface area contributed by atoms with Crippen LogP contribution in [0.2, 0.25) is 5.02 Å². The van der Waals surface area contributed by atoms with Gasteiger partial charge in [0.15, 0.2) is 0 Å². The summed E-state index contributed by atoms with van der Waals surface area (Å²) in [5.41, 5.74) is 1.92. The summed E-state index contributed by atoms with van der Waals surface area (Å²) in [6.07, 6.45) is 0. The molecule has 4 heteroatoms. The Morgan fingerprint density at radius 3 is 2.60 bits per heavy atom. The maximum atomic E-state index is 6.19. The lowest BCUT2D eigenvalue weighted by Crippen LogP contribution is -2.28. The van der Waals surface area contributed by atoms with Crippen molar-refractivity contribution in [3.8, 4) is 0 Å². The van der Waals surface area contributed by atoms with Crippen molar-refractivity contribution < 1.29 is 4.74 Å². The highest BCUT2D eigenvalue weighted by Crippen LogP contribution is 2.34. The molecule has 1 nitrogen and oxygen atoms in total. The Labute approximate surface area is 146 Å². The van der Waals surface area contributed by atoms with Gasteiger partial charge in [0.2, 0.25) is 0 Å². The largest absolute Gasteiger partial charge is 0.365 e. The zero-order valence-electron chi connectivity index (χ0n) is 11.1. The molecule has 0 aliphatic rings. The number of alkyl halides is 1. The van der Waals surface area contributed by atoms with E-state index in [2.05, 4.69) is 51.5 Å². The zero-order chi connectivity index (χ0) is 14.6. The molecule has 2 aromatic carbocycles. The Morgan fingerprint density at radius 1 is 1.20 bits per heavy atom. The van der Waals surface area contributed by atoms with E-state index in [0.717, 1.165) is 25.0 Å². The van der Waals surface area contributed by atoms with E-state index in [-0.39, 0.29) is 5.60 Å². The van der Waals surface area contributed by atoms with Gasteiger partial charge in [0.1, 0.15) is 5.60 Å². The van der Waals surface area contributed by atoms with E-state index in [4.69, 9.17) is 16.3 Å². The highest BCUT2D eigenvalue weighted by atomic mass is 127. The Morgan fingerprint density at radius 2 is 1.95 bits per heavy atom. The summed E-state index contributed by atoms with van der Waals surface area (Å²) in [4.78, 5) is 0. The summed E-state index contributed by atoms with van der Waals surface area (Å²) in [6, 6.07) is 16.0. The smallest absolute Gasteiger partial charge is 0.101 e. The Kier molecular flexibility index (Phi) is 5.90. The predicted octanol–water partition coefficient (Wildman–Crippen LogP) is 5.97. The molecule has 2 rings (SSSR count). The average molecular weight is 466 g/mol. The van der Waals surface area contributed by atoms with Gasteiger partial charge in [-0.2, -0.15) is 0 Å². The fourth-order valence-electron chi connectivity index (χ4n) is 1.95. The second-order valence-corrected chi connectivity index (χ2v) is 6.82. The maximum absolute atomic E-state index is 6.19. The van der Waals surface area contributed by atoms with Crippen LogP contribution in [0.15, 0.2) is 53.0 Å². The van der Waals surface area contributed by atoms with Gasteiger partial charge in [0.05, 0.1) is 6.61 Å². The van der Waals surface area contributed by atoms with Crippen molar-refractivity contribution >= 4 is 50.1 Å². The van der Waals surface area contributed by atoms with Crippen molar-refractivity contribution in [2.24, 2.45) is 0 Å². The molecule has 0 radical (unpaired) electrons. The van der Waals surface area contributed by atoms with Gasteiger partial charge in [-0.05, 0) is 36.2 Å². The van der Waals surface area contributed by atoms with Crippen molar-refractivity contribution in [1.29, 1.82) is 0 Å². The molecule has 0 saturated carbocycles. The minimum absolute atomic E-state index is 0.330. The molecule has 1 atom stereocenters. The fraction of sp³-hybridized carbons (Fsp3) is 0.250. The van der Waals surface area contributed by atoms with E-state index >= 15 is 0 Å². The third-order valence-electron chi connectivity index (χ3n) is 3.15. The molecule has 0 saturated heterocycles. The number of ether oxygens (including phenoxy) is 1. The first kappa shape index (κ1) is 16.3. The molecule has 0 spiro atoms. The molecule has 1 unspecified atom stereocenters. The standard InChI is InChI=1S/C16H15BrClIO/c1-16(11-19,14-7-2-3-8-15(14)17)20-10-12-5-4-6-13(18)9-12/h2-9H,10-11H2,1H3. The van der Waals surface area contributed by atoms with Crippen molar-refractivity contribution in [3.63, 3.8) is 0 Å². The van der Waals surface area contributed by atoms with Crippen LogP contribution in [0.5, 0.6) is 0 Å². The quantitative estimate of drug-likeness (QED) is 0.391. The van der Waals surface area contributed by atoms with Gasteiger partial charge in [0.25, 0.3) is 0 Å². The Bertz CT molecular complexity index is 590. The molecule has 0 bridgehead atoms. The van der Waals surface area contributed by atoms with Gasteiger partial charge in [0, 0.05) is 13.9 Å². The predicted molar refractivity (Wildman–Crippen MR) is 96.6 cm³/mol. The molecular weight excluding hydrogens is 450 g/mol. The molecule has 0 fully saturated rings. The van der Waals surface area contributed by atoms with Crippen LogP contribution < -0.4 is 0 Å². The second kappa shape index (κ2) is 7.25. The second-order valence-electron chi connectivity index (χ2n) is 4.76. The Balaban J connectivity index is 2.18. The fourth-order valence-corrected chi connectivity index (χ4v) is 3.50. The first-order valence-electron chi connectivity index (χ1n) is 6.24. The van der Waals surface area contributed by atoms with Crippen LogP contribution in [-0.2, 0) is 16.9 Å². The molecule has 20 heavy (non-hydrogen) atoms. The van der Waals surface area contributed by atoms with Crippen LogP contribution >= 0.6 is 50.1 Å². The molecular formula is C16H15BrClIO. The molecule has 0 aliphatic carbocycles. The van der Waals surface area contributed by atoms with E-state index in [1.807, 2.05) is 42.5 Å². The Hall–Kier alpha value is -0.100. The van der Waals surface area contributed by atoms with Gasteiger partial charge in [-0.25, -0.2) is 0 Å². The molecule has 0 aliphatic heterocycles. The van der Waals surface area contributed by atoms with Crippen molar-refractivity contribution in [2.45, 2.75) is 19.1 Å². The van der Waals surface area contributed by atoms with E-state index < -0.39 is 0 Å². The van der Waals surface area contributed by atoms with Crippen molar-refractivity contribution in [1.82, 2.24) is 0 Å². The summed E-state index contributed by atoms with van der Waals surface area (Å²) in [6.45, 7) is 2.66. The van der Waals surface area contributed by atoms with E-state index in [1.54, 1.807) is 0 Å². The van der Waals surface area contributed by atoms with E-state index in [1.165, 1.54) is 0 Å². The molecule has 0 heterocycles. The van der Waals surface area contributed by atoms with Crippen molar-refractivity contribution in [2.75, 3.05) is 4.43 Å².